The maximum Gasteiger partial charge on any atom is 0.252 e. The van der Waals surface area contributed by atoms with Crippen LogP contribution in [0.25, 0.3) is 0 Å². The van der Waals surface area contributed by atoms with E-state index < -0.39 is 10.0 Å². The van der Waals surface area contributed by atoms with Crippen molar-refractivity contribution in [3.8, 4) is 0 Å². The first-order chi connectivity index (χ1) is 8.97. The van der Waals surface area contributed by atoms with Crippen LogP contribution >= 0.6 is 11.3 Å². The Bertz CT molecular complexity index is 523. The quantitative estimate of drug-likeness (QED) is 0.702. The van der Waals surface area contributed by atoms with Gasteiger partial charge in [-0.05, 0) is 25.6 Å². The SMILES string of the molecule is C=CCN(CCO)S(=O)(=O)c1cc(C)c(CNC)s1. The molecular weight excluding hydrogens is 284 g/mol. The van der Waals surface area contributed by atoms with Crippen molar-refractivity contribution in [2.75, 3.05) is 26.7 Å². The average Bonchev–Trinajstić information content (AvgIpc) is 2.72. The van der Waals surface area contributed by atoms with Crippen LogP contribution < -0.4 is 5.32 Å². The van der Waals surface area contributed by atoms with Gasteiger partial charge in [0.05, 0.1) is 6.61 Å². The summed E-state index contributed by atoms with van der Waals surface area (Å²) in [6.07, 6.45) is 1.52. The molecule has 19 heavy (non-hydrogen) atoms. The van der Waals surface area contributed by atoms with Crippen LogP contribution in [-0.2, 0) is 16.6 Å². The number of sulfonamides is 1. The van der Waals surface area contributed by atoms with Crippen LogP contribution in [0.15, 0.2) is 22.9 Å². The van der Waals surface area contributed by atoms with E-state index in [0.717, 1.165) is 10.4 Å². The summed E-state index contributed by atoms with van der Waals surface area (Å²) in [6, 6.07) is 1.68. The molecule has 0 saturated carbocycles. The van der Waals surface area contributed by atoms with Gasteiger partial charge < -0.3 is 10.4 Å². The van der Waals surface area contributed by atoms with Gasteiger partial charge in [0, 0.05) is 24.5 Å². The zero-order valence-electron chi connectivity index (χ0n) is 11.2. The highest BCUT2D eigenvalue weighted by molar-refractivity contribution is 7.91. The van der Waals surface area contributed by atoms with Crippen LogP contribution in [0.4, 0.5) is 0 Å². The highest BCUT2D eigenvalue weighted by Crippen LogP contribution is 2.28. The fourth-order valence-corrected chi connectivity index (χ4v) is 4.80. The molecular formula is C12H20N2O3S2. The minimum atomic E-state index is -3.55. The summed E-state index contributed by atoms with van der Waals surface area (Å²) >= 11 is 1.26. The Morgan fingerprint density at radius 1 is 1.58 bits per heavy atom. The predicted octanol–water partition coefficient (Wildman–Crippen LogP) is 0.945. The van der Waals surface area contributed by atoms with E-state index in [0.29, 0.717) is 10.8 Å². The minimum Gasteiger partial charge on any atom is -0.395 e. The number of nitrogens with zero attached hydrogens (tertiary/aromatic N) is 1. The summed E-state index contributed by atoms with van der Waals surface area (Å²) in [4.78, 5) is 1.00. The molecule has 1 rings (SSSR count). The lowest BCUT2D eigenvalue weighted by Crippen LogP contribution is -2.33. The maximum absolute atomic E-state index is 12.4. The molecule has 0 radical (unpaired) electrons. The third-order valence-corrected chi connectivity index (χ3v) is 6.16. The lowest BCUT2D eigenvalue weighted by atomic mass is 10.3. The number of nitrogens with one attached hydrogen (secondary N) is 1. The number of aryl methyl sites for hydroxylation is 1. The van der Waals surface area contributed by atoms with Gasteiger partial charge in [-0.2, -0.15) is 4.31 Å². The number of hydrogen-bond acceptors (Lipinski definition) is 5. The number of rotatable bonds is 8. The van der Waals surface area contributed by atoms with Crippen molar-refractivity contribution in [1.82, 2.24) is 9.62 Å². The first-order valence-electron chi connectivity index (χ1n) is 5.93. The molecule has 0 aliphatic heterocycles. The molecule has 0 atom stereocenters. The monoisotopic (exact) mass is 304 g/mol. The first-order valence-corrected chi connectivity index (χ1v) is 8.18. The van der Waals surface area contributed by atoms with Crippen molar-refractivity contribution in [2.24, 2.45) is 0 Å². The molecule has 7 heteroatoms. The van der Waals surface area contributed by atoms with Crippen LogP contribution in [0.5, 0.6) is 0 Å². The van der Waals surface area contributed by atoms with Gasteiger partial charge in [0.1, 0.15) is 4.21 Å². The highest BCUT2D eigenvalue weighted by Gasteiger charge is 2.25. The molecule has 5 nitrogen and oxygen atoms in total. The Morgan fingerprint density at radius 3 is 2.79 bits per heavy atom. The van der Waals surface area contributed by atoms with Crippen molar-refractivity contribution in [3.63, 3.8) is 0 Å². The van der Waals surface area contributed by atoms with Gasteiger partial charge >= 0.3 is 0 Å². The van der Waals surface area contributed by atoms with Crippen LogP contribution in [-0.4, -0.2) is 44.6 Å². The normalized spacial score (nSPS) is 12.0. The van der Waals surface area contributed by atoms with Crippen molar-refractivity contribution in [3.05, 3.63) is 29.2 Å². The molecule has 1 aromatic rings. The molecule has 0 saturated heterocycles. The molecule has 0 amide bonds. The van der Waals surface area contributed by atoms with Crippen LogP contribution in [0.3, 0.4) is 0 Å². The first kappa shape index (κ1) is 16.3. The van der Waals surface area contributed by atoms with E-state index in [1.165, 1.54) is 21.7 Å². The van der Waals surface area contributed by atoms with E-state index in [1.54, 1.807) is 6.07 Å². The van der Waals surface area contributed by atoms with Gasteiger partial charge in [0.2, 0.25) is 0 Å². The highest BCUT2D eigenvalue weighted by atomic mass is 32.2. The summed E-state index contributed by atoms with van der Waals surface area (Å²) in [5, 5.41) is 12.0. The molecule has 0 bridgehead atoms. The maximum atomic E-state index is 12.4. The fraction of sp³-hybridized carbons (Fsp3) is 0.500. The minimum absolute atomic E-state index is 0.0761. The van der Waals surface area contributed by atoms with E-state index in [4.69, 9.17) is 5.11 Å². The smallest absolute Gasteiger partial charge is 0.252 e. The molecule has 1 aromatic heterocycles. The molecule has 1 heterocycles. The second kappa shape index (κ2) is 7.16. The van der Waals surface area contributed by atoms with Crippen LogP contribution in [0.1, 0.15) is 10.4 Å². The summed E-state index contributed by atoms with van der Waals surface area (Å²) in [7, 11) is -1.73. The van der Waals surface area contributed by atoms with E-state index in [9.17, 15) is 8.42 Å². The van der Waals surface area contributed by atoms with E-state index in [-0.39, 0.29) is 19.7 Å². The van der Waals surface area contributed by atoms with Gasteiger partial charge in [0.15, 0.2) is 0 Å². The molecule has 0 spiro atoms. The number of aliphatic hydroxyl groups excluding tert-OH is 1. The zero-order chi connectivity index (χ0) is 14.5. The lowest BCUT2D eigenvalue weighted by molar-refractivity contribution is 0.260. The second-order valence-corrected chi connectivity index (χ2v) is 7.38. The van der Waals surface area contributed by atoms with E-state index in [2.05, 4.69) is 11.9 Å². The molecule has 2 N–H and O–H groups in total. The number of hydrogen-bond donors (Lipinski definition) is 2. The van der Waals surface area contributed by atoms with Crippen molar-refractivity contribution < 1.29 is 13.5 Å². The van der Waals surface area contributed by atoms with Crippen molar-refractivity contribution >= 4 is 21.4 Å². The molecule has 0 aliphatic carbocycles. The molecule has 108 valence electrons. The Balaban J connectivity index is 3.10. The third kappa shape index (κ3) is 3.87. The van der Waals surface area contributed by atoms with Crippen LogP contribution in [0, 0.1) is 6.92 Å². The summed E-state index contributed by atoms with van der Waals surface area (Å²) in [5.74, 6) is 0. The lowest BCUT2D eigenvalue weighted by Gasteiger charge is -2.18. The van der Waals surface area contributed by atoms with Gasteiger partial charge in [0.25, 0.3) is 10.0 Å². The van der Waals surface area contributed by atoms with Gasteiger partial charge in [-0.1, -0.05) is 6.08 Å². The molecule has 0 aliphatic rings. The number of thiophene rings is 1. The average molecular weight is 304 g/mol. The Kier molecular flexibility index (Phi) is 6.15. The largest absolute Gasteiger partial charge is 0.395 e. The van der Waals surface area contributed by atoms with Gasteiger partial charge in [-0.25, -0.2) is 8.42 Å². The summed E-state index contributed by atoms with van der Waals surface area (Å²) in [5.41, 5.74) is 0.959. The fourth-order valence-electron chi connectivity index (χ4n) is 1.64. The second-order valence-electron chi connectivity index (χ2n) is 4.08. The molecule has 0 aromatic carbocycles. The predicted molar refractivity (Wildman–Crippen MR) is 77.9 cm³/mol. The molecule has 0 unspecified atom stereocenters. The van der Waals surface area contributed by atoms with E-state index in [1.807, 2.05) is 14.0 Å². The number of aliphatic hydroxyl groups is 1. The Hall–Kier alpha value is -0.730. The standard InChI is InChI=1S/C12H20N2O3S2/c1-4-5-14(6-7-15)19(16,17)12-8-10(2)11(18-12)9-13-3/h4,8,13,15H,1,5-7,9H2,2-3H3. The Labute approximate surface area is 118 Å². The summed E-state index contributed by atoms with van der Waals surface area (Å²) in [6.45, 7) is 6.15. The zero-order valence-corrected chi connectivity index (χ0v) is 12.9. The van der Waals surface area contributed by atoms with Gasteiger partial charge in [-0.3, -0.25) is 0 Å². The van der Waals surface area contributed by atoms with Crippen molar-refractivity contribution in [1.29, 1.82) is 0 Å². The third-order valence-electron chi connectivity index (χ3n) is 2.61. The molecule has 0 fully saturated rings. The van der Waals surface area contributed by atoms with Crippen molar-refractivity contribution in [2.45, 2.75) is 17.7 Å². The summed E-state index contributed by atoms with van der Waals surface area (Å²) < 4.78 is 26.4. The topological polar surface area (TPSA) is 69.6 Å². The van der Waals surface area contributed by atoms with Gasteiger partial charge in [-0.15, -0.1) is 17.9 Å². The van der Waals surface area contributed by atoms with Crippen LogP contribution in [0.2, 0.25) is 0 Å². The Morgan fingerprint density at radius 2 is 2.26 bits per heavy atom. The van der Waals surface area contributed by atoms with E-state index >= 15 is 0 Å².